The van der Waals surface area contributed by atoms with Crippen LogP contribution in [0.3, 0.4) is 0 Å². The molecule has 3 aromatic carbocycles. The first-order valence-electron chi connectivity index (χ1n) is 12.1. The van der Waals surface area contributed by atoms with Crippen molar-refractivity contribution in [2.24, 2.45) is 0 Å². The van der Waals surface area contributed by atoms with E-state index in [1.54, 1.807) is 0 Å². The predicted octanol–water partition coefficient (Wildman–Crippen LogP) is 7.12. The van der Waals surface area contributed by atoms with Gasteiger partial charge in [-0.25, -0.2) is 8.51 Å². The van der Waals surface area contributed by atoms with Crippen LogP contribution in [0.2, 0.25) is 0 Å². The molecule has 36 heavy (non-hydrogen) atoms. The number of amides is 1. The summed E-state index contributed by atoms with van der Waals surface area (Å²) < 4.78 is 16.1. The van der Waals surface area contributed by atoms with Crippen LogP contribution in [-0.4, -0.2) is 25.2 Å². The number of carbonyl (C=O) groups excluding carboxylic acids is 1. The Balaban J connectivity index is 1.83. The molecule has 6 heteroatoms. The molecule has 0 spiro atoms. The first kappa shape index (κ1) is 28.3. The Morgan fingerprint density at radius 2 is 1.44 bits per heavy atom. The Morgan fingerprint density at radius 3 is 1.97 bits per heavy atom. The third kappa shape index (κ3) is 7.85. The Kier molecular flexibility index (Phi) is 10.5. The Bertz CT molecular complexity index is 1160. The summed E-state index contributed by atoms with van der Waals surface area (Å²) in [5, 5.41) is 0. The molecule has 190 valence electrons. The minimum Gasteiger partial charge on any atom is -0.307 e. The second-order valence-corrected chi connectivity index (χ2v) is 13.0. The molecular formula is C30H35IN2O2S. The Morgan fingerprint density at radius 1 is 0.917 bits per heavy atom. The summed E-state index contributed by atoms with van der Waals surface area (Å²) in [7, 11) is -1.27. The quantitative estimate of drug-likeness (QED) is 0.171. The van der Waals surface area contributed by atoms with E-state index in [1.807, 2.05) is 121 Å². The highest BCUT2D eigenvalue weighted by atomic mass is 127. The molecule has 0 aliphatic carbocycles. The number of halogens is 1. The Labute approximate surface area is 232 Å². The fourth-order valence-corrected chi connectivity index (χ4v) is 6.03. The van der Waals surface area contributed by atoms with Crippen LogP contribution in [0.15, 0.2) is 97.6 Å². The molecule has 2 unspecified atom stereocenters. The van der Waals surface area contributed by atoms with Gasteiger partial charge in [0.15, 0.2) is 0 Å². The fraction of sp³-hybridized carbons (Fsp3) is 0.300. The summed E-state index contributed by atoms with van der Waals surface area (Å²) >= 11 is 2.28. The smallest absolute Gasteiger partial charge is 0.227 e. The van der Waals surface area contributed by atoms with Crippen LogP contribution in [0.1, 0.15) is 44.7 Å². The average molecular weight is 615 g/mol. The minimum absolute atomic E-state index is 0.0380. The molecule has 0 heterocycles. The van der Waals surface area contributed by atoms with Crippen molar-refractivity contribution in [3.8, 4) is 0 Å². The maximum atomic E-state index is 13.7. The summed E-state index contributed by atoms with van der Waals surface area (Å²) in [6.07, 6.45) is 2.68. The van der Waals surface area contributed by atoms with E-state index < -0.39 is 15.7 Å². The van der Waals surface area contributed by atoms with E-state index in [2.05, 4.69) is 29.2 Å². The third-order valence-electron chi connectivity index (χ3n) is 5.84. The Hall–Kier alpha value is -2.29. The number of hydrogen-bond donors (Lipinski definition) is 0. The first-order valence-corrected chi connectivity index (χ1v) is 14.3. The molecule has 0 aliphatic rings. The van der Waals surface area contributed by atoms with Gasteiger partial charge in [0.2, 0.25) is 5.91 Å². The highest BCUT2D eigenvalue weighted by Crippen LogP contribution is 2.27. The molecule has 0 N–H and O–H groups in total. The lowest BCUT2D eigenvalue weighted by atomic mass is 10.1. The van der Waals surface area contributed by atoms with Crippen molar-refractivity contribution in [3.63, 3.8) is 0 Å². The van der Waals surface area contributed by atoms with Gasteiger partial charge in [-0.2, -0.15) is 0 Å². The molecule has 0 bridgehead atoms. The van der Waals surface area contributed by atoms with Gasteiger partial charge in [-0.05, 0) is 73.0 Å². The van der Waals surface area contributed by atoms with Crippen LogP contribution in [0.25, 0.3) is 0 Å². The van der Waals surface area contributed by atoms with Crippen LogP contribution < -0.4 is 4.90 Å². The molecule has 3 rings (SSSR count). The summed E-state index contributed by atoms with van der Waals surface area (Å²) in [6.45, 7) is 11.0. The summed E-state index contributed by atoms with van der Waals surface area (Å²) in [4.78, 5) is 15.5. The topological polar surface area (TPSA) is 40.6 Å². The van der Waals surface area contributed by atoms with Gasteiger partial charge in [0, 0.05) is 22.6 Å². The number of benzene rings is 3. The third-order valence-corrected chi connectivity index (χ3v) is 8.63. The highest BCUT2D eigenvalue weighted by molar-refractivity contribution is 14.1. The van der Waals surface area contributed by atoms with Gasteiger partial charge in [-0.3, -0.25) is 4.79 Å². The number of rotatable bonds is 11. The van der Waals surface area contributed by atoms with Crippen molar-refractivity contribution in [1.82, 2.24) is 4.31 Å². The van der Waals surface area contributed by atoms with Crippen LogP contribution in [0, 0.1) is 3.57 Å². The SMILES string of the molecule is C=CC(CCC(=O)N(Cc1ccccc1)c1ccccc1I)N(Cc1ccccc1)S(=O)C(C)(C)C. The van der Waals surface area contributed by atoms with E-state index in [4.69, 9.17) is 0 Å². The minimum atomic E-state index is -1.27. The summed E-state index contributed by atoms with van der Waals surface area (Å²) in [5.74, 6) is 0.0380. The summed E-state index contributed by atoms with van der Waals surface area (Å²) in [6, 6.07) is 27.8. The van der Waals surface area contributed by atoms with E-state index in [0.717, 1.165) is 20.4 Å². The largest absolute Gasteiger partial charge is 0.307 e. The van der Waals surface area contributed by atoms with Crippen molar-refractivity contribution in [1.29, 1.82) is 0 Å². The normalized spacial score (nSPS) is 13.2. The molecular weight excluding hydrogens is 579 g/mol. The molecule has 0 radical (unpaired) electrons. The molecule has 0 saturated carbocycles. The lowest BCUT2D eigenvalue weighted by Gasteiger charge is -2.34. The van der Waals surface area contributed by atoms with Crippen molar-refractivity contribution >= 4 is 45.2 Å². The molecule has 3 aromatic rings. The van der Waals surface area contributed by atoms with Crippen molar-refractivity contribution in [2.75, 3.05) is 4.90 Å². The second kappa shape index (κ2) is 13.3. The van der Waals surface area contributed by atoms with Gasteiger partial charge >= 0.3 is 0 Å². The molecule has 0 fully saturated rings. The van der Waals surface area contributed by atoms with Crippen molar-refractivity contribution in [2.45, 2.75) is 57.5 Å². The maximum Gasteiger partial charge on any atom is 0.227 e. The molecule has 0 saturated heterocycles. The average Bonchev–Trinajstić information content (AvgIpc) is 2.87. The van der Waals surface area contributed by atoms with Gasteiger partial charge in [0.1, 0.15) is 11.0 Å². The lowest BCUT2D eigenvalue weighted by Crippen LogP contribution is -2.43. The highest BCUT2D eigenvalue weighted by Gasteiger charge is 2.31. The zero-order valence-electron chi connectivity index (χ0n) is 21.3. The van der Waals surface area contributed by atoms with E-state index in [1.165, 1.54) is 0 Å². The maximum absolute atomic E-state index is 13.7. The number of nitrogens with zero attached hydrogens (tertiary/aromatic N) is 2. The molecule has 4 nitrogen and oxygen atoms in total. The van der Waals surface area contributed by atoms with E-state index in [9.17, 15) is 9.00 Å². The van der Waals surface area contributed by atoms with Crippen LogP contribution in [-0.2, 0) is 28.9 Å². The monoisotopic (exact) mass is 614 g/mol. The van der Waals surface area contributed by atoms with Crippen LogP contribution in [0.4, 0.5) is 5.69 Å². The molecule has 2 atom stereocenters. The number of hydrogen-bond acceptors (Lipinski definition) is 2. The van der Waals surface area contributed by atoms with E-state index in [0.29, 0.717) is 25.9 Å². The second-order valence-electron chi connectivity index (χ2n) is 9.68. The number of anilines is 1. The zero-order chi connectivity index (χ0) is 26.1. The predicted molar refractivity (Wildman–Crippen MR) is 160 cm³/mol. The molecule has 0 aromatic heterocycles. The fourth-order valence-electron chi connectivity index (χ4n) is 3.94. The zero-order valence-corrected chi connectivity index (χ0v) is 24.2. The number of para-hydroxylation sites is 1. The molecule has 1 amide bonds. The lowest BCUT2D eigenvalue weighted by molar-refractivity contribution is -0.119. The van der Waals surface area contributed by atoms with Crippen molar-refractivity contribution in [3.05, 3.63) is 112 Å². The summed E-state index contributed by atoms with van der Waals surface area (Å²) in [5.41, 5.74) is 3.06. The molecule has 0 aliphatic heterocycles. The van der Waals surface area contributed by atoms with Crippen molar-refractivity contribution < 1.29 is 9.00 Å². The van der Waals surface area contributed by atoms with E-state index in [-0.39, 0.29) is 11.9 Å². The first-order chi connectivity index (χ1) is 17.2. The van der Waals surface area contributed by atoms with Gasteiger partial charge in [0.25, 0.3) is 0 Å². The van der Waals surface area contributed by atoms with Crippen LogP contribution >= 0.6 is 22.6 Å². The van der Waals surface area contributed by atoms with Gasteiger partial charge < -0.3 is 4.90 Å². The van der Waals surface area contributed by atoms with Gasteiger partial charge in [-0.1, -0.05) is 78.9 Å². The van der Waals surface area contributed by atoms with Gasteiger partial charge in [-0.15, -0.1) is 6.58 Å². The van der Waals surface area contributed by atoms with Gasteiger partial charge in [0.05, 0.1) is 17.0 Å². The standard InChI is InChI=1S/C30H35IN2O2S/c1-5-26(33(36(35)30(2,3)4)23-25-16-10-7-11-17-25)20-21-29(34)32(22-24-14-8-6-9-15-24)28-19-13-12-18-27(28)31/h5-19,26H,1,20-23H2,2-4H3. The van der Waals surface area contributed by atoms with E-state index >= 15 is 0 Å². The van der Waals surface area contributed by atoms with Crippen LogP contribution in [0.5, 0.6) is 0 Å². The number of carbonyl (C=O) groups is 1.